The van der Waals surface area contributed by atoms with Gasteiger partial charge in [0.25, 0.3) is 0 Å². The van der Waals surface area contributed by atoms with Crippen molar-refractivity contribution in [3.8, 4) is 0 Å². The van der Waals surface area contributed by atoms with Crippen molar-refractivity contribution in [1.82, 2.24) is 25.1 Å². The number of carboxylic acid groups (broad SMARTS) is 1. The lowest BCUT2D eigenvalue weighted by Crippen LogP contribution is -2.57. The van der Waals surface area contributed by atoms with Gasteiger partial charge in [0.2, 0.25) is 17.7 Å². The van der Waals surface area contributed by atoms with Crippen LogP contribution in [0.4, 0.5) is 0 Å². The summed E-state index contributed by atoms with van der Waals surface area (Å²) in [6.45, 7) is 1.23. The van der Waals surface area contributed by atoms with Crippen LogP contribution in [0, 0.1) is 0 Å². The molecule has 0 radical (unpaired) electrons. The second-order valence-corrected chi connectivity index (χ2v) is 8.95. The van der Waals surface area contributed by atoms with E-state index >= 15 is 0 Å². The molecule has 7 N–H and O–H groups in total. The highest BCUT2D eigenvalue weighted by Crippen LogP contribution is 2.26. The highest BCUT2D eigenvalue weighted by molar-refractivity contribution is 5.94. The van der Waals surface area contributed by atoms with Gasteiger partial charge in [0, 0.05) is 31.4 Å². The molecule has 3 amide bonds. The number of nitrogens with one attached hydrogen (secondary N) is 2. The molecule has 0 bridgehead atoms. The first kappa shape index (κ1) is 25.6. The molecule has 2 fully saturated rings. The monoisotopic (exact) mass is 477 g/mol. The Morgan fingerprint density at radius 1 is 1.15 bits per heavy atom. The highest BCUT2D eigenvalue weighted by Gasteiger charge is 2.43. The summed E-state index contributed by atoms with van der Waals surface area (Å²) in [4.78, 5) is 60.8. The number of amides is 3. The normalized spacial score (nSPS) is 21.9. The van der Waals surface area contributed by atoms with Crippen molar-refractivity contribution in [1.29, 1.82) is 0 Å². The molecule has 34 heavy (non-hydrogen) atoms. The summed E-state index contributed by atoms with van der Waals surface area (Å²) in [6, 6.07) is -3.32. The number of unbranched alkanes of at least 4 members (excludes halogenated alkanes) is 1. The Bertz CT molecular complexity index is 862. The Morgan fingerprint density at radius 3 is 2.50 bits per heavy atom. The number of hydrogen-bond acceptors (Lipinski definition) is 7. The smallest absolute Gasteiger partial charge is 0.326 e. The molecule has 3 heterocycles. The van der Waals surface area contributed by atoms with Crippen molar-refractivity contribution in [3.63, 3.8) is 0 Å². The SMILES string of the molecule is NCCCCC(N)C(=O)NC(Cc1cnc[nH]1)C(=O)N1CCCC1C(=O)N1CCCC1C(=O)O. The van der Waals surface area contributed by atoms with Crippen LogP contribution < -0.4 is 16.8 Å². The molecule has 1 aromatic heterocycles. The van der Waals surface area contributed by atoms with Crippen molar-refractivity contribution in [3.05, 3.63) is 18.2 Å². The van der Waals surface area contributed by atoms with Crippen molar-refractivity contribution in [2.75, 3.05) is 19.6 Å². The van der Waals surface area contributed by atoms with E-state index < -0.39 is 36.0 Å². The van der Waals surface area contributed by atoms with Crippen LogP contribution in [0.5, 0.6) is 0 Å². The van der Waals surface area contributed by atoms with Gasteiger partial charge in [0.1, 0.15) is 18.1 Å². The Labute approximate surface area is 198 Å². The first-order valence-electron chi connectivity index (χ1n) is 11.9. The van der Waals surface area contributed by atoms with E-state index in [1.54, 1.807) is 6.20 Å². The molecule has 2 aliphatic heterocycles. The zero-order valence-electron chi connectivity index (χ0n) is 19.3. The van der Waals surface area contributed by atoms with E-state index in [4.69, 9.17) is 11.5 Å². The molecule has 2 aliphatic rings. The number of carbonyl (C=O) groups is 4. The molecular weight excluding hydrogens is 442 g/mol. The maximum atomic E-state index is 13.6. The van der Waals surface area contributed by atoms with E-state index in [-0.39, 0.29) is 18.2 Å². The lowest BCUT2D eigenvalue weighted by atomic mass is 10.1. The third-order valence-corrected chi connectivity index (χ3v) is 6.54. The van der Waals surface area contributed by atoms with Crippen molar-refractivity contribution >= 4 is 23.7 Å². The summed E-state index contributed by atoms with van der Waals surface area (Å²) in [5.74, 6) is -2.21. The molecule has 12 heteroatoms. The zero-order chi connectivity index (χ0) is 24.7. The van der Waals surface area contributed by atoms with Crippen LogP contribution in [0.2, 0.25) is 0 Å². The van der Waals surface area contributed by atoms with Gasteiger partial charge in [0.15, 0.2) is 0 Å². The Morgan fingerprint density at radius 2 is 1.85 bits per heavy atom. The molecule has 0 aromatic carbocycles. The maximum Gasteiger partial charge on any atom is 0.326 e. The minimum absolute atomic E-state index is 0.166. The number of imidazole rings is 1. The average Bonchev–Trinajstić information content (AvgIpc) is 3.59. The lowest BCUT2D eigenvalue weighted by Gasteiger charge is -2.32. The molecule has 4 atom stereocenters. The molecule has 0 saturated carbocycles. The number of aliphatic carboxylic acids is 1. The minimum Gasteiger partial charge on any atom is -0.480 e. The predicted octanol–water partition coefficient (Wildman–Crippen LogP) is -1.04. The van der Waals surface area contributed by atoms with Gasteiger partial charge in [-0.2, -0.15) is 0 Å². The van der Waals surface area contributed by atoms with Crippen LogP contribution in [0.1, 0.15) is 50.6 Å². The van der Waals surface area contributed by atoms with Crippen LogP contribution in [0.3, 0.4) is 0 Å². The molecule has 4 unspecified atom stereocenters. The number of hydrogen-bond donors (Lipinski definition) is 5. The van der Waals surface area contributed by atoms with E-state index in [2.05, 4.69) is 15.3 Å². The topological polar surface area (TPSA) is 188 Å². The predicted molar refractivity (Wildman–Crippen MR) is 122 cm³/mol. The van der Waals surface area contributed by atoms with E-state index in [1.165, 1.54) is 16.1 Å². The van der Waals surface area contributed by atoms with Crippen LogP contribution in [0.15, 0.2) is 12.5 Å². The standard InChI is InChI=1S/C22H35N7O5/c23-8-2-1-5-15(24)19(30)27-16(11-14-12-25-13-26-14)20(31)28-9-3-6-17(28)21(32)29-10-4-7-18(29)22(33)34/h12-13,15-18H,1-11,23-24H2,(H,25,26)(H,27,30)(H,33,34). The molecule has 188 valence electrons. The number of nitrogens with two attached hydrogens (primary N) is 2. The zero-order valence-corrected chi connectivity index (χ0v) is 19.3. The van der Waals surface area contributed by atoms with Crippen LogP contribution in [-0.2, 0) is 25.6 Å². The Hall–Kier alpha value is -2.99. The van der Waals surface area contributed by atoms with E-state index in [1.807, 2.05) is 0 Å². The second kappa shape index (κ2) is 11.9. The van der Waals surface area contributed by atoms with Crippen molar-refractivity contribution in [2.24, 2.45) is 11.5 Å². The van der Waals surface area contributed by atoms with Gasteiger partial charge < -0.3 is 36.7 Å². The minimum atomic E-state index is -1.03. The molecule has 3 rings (SSSR count). The van der Waals surface area contributed by atoms with Gasteiger partial charge in [-0.1, -0.05) is 6.42 Å². The van der Waals surface area contributed by atoms with Crippen molar-refractivity contribution in [2.45, 2.75) is 75.5 Å². The summed E-state index contributed by atoms with van der Waals surface area (Å²) >= 11 is 0. The number of rotatable bonds is 11. The lowest BCUT2D eigenvalue weighted by molar-refractivity contribution is -0.152. The van der Waals surface area contributed by atoms with Gasteiger partial charge in [-0.15, -0.1) is 0 Å². The first-order valence-corrected chi connectivity index (χ1v) is 11.9. The van der Waals surface area contributed by atoms with Crippen LogP contribution in [0.25, 0.3) is 0 Å². The van der Waals surface area contributed by atoms with Gasteiger partial charge in [-0.05, 0) is 45.1 Å². The highest BCUT2D eigenvalue weighted by atomic mass is 16.4. The number of carbonyl (C=O) groups excluding carboxylic acids is 3. The largest absolute Gasteiger partial charge is 0.480 e. The average molecular weight is 478 g/mol. The van der Waals surface area contributed by atoms with Gasteiger partial charge in [-0.25, -0.2) is 9.78 Å². The Balaban J connectivity index is 1.73. The van der Waals surface area contributed by atoms with Crippen LogP contribution in [-0.4, -0.2) is 92.4 Å². The molecule has 0 spiro atoms. The van der Waals surface area contributed by atoms with Crippen LogP contribution >= 0.6 is 0 Å². The Kier molecular flexibility index (Phi) is 8.99. The number of aromatic nitrogens is 2. The summed E-state index contributed by atoms with van der Waals surface area (Å²) < 4.78 is 0. The summed E-state index contributed by atoms with van der Waals surface area (Å²) in [5, 5.41) is 12.2. The third kappa shape index (κ3) is 6.11. The summed E-state index contributed by atoms with van der Waals surface area (Å²) in [6.07, 6.45) is 7.22. The molecular formula is C22H35N7O5. The quantitative estimate of drug-likeness (QED) is 0.250. The van der Waals surface area contributed by atoms with Gasteiger partial charge in [-0.3, -0.25) is 14.4 Å². The molecule has 1 aromatic rings. The number of carboxylic acids is 1. The number of likely N-dealkylation sites (tertiary alicyclic amines) is 2. The van der Waals surface area contributed by atoms with Gasteiger partial charge in [0.05, 0.1) is 12.4 Å². The third-order valence-electron chi connectivity index (χ3n) is 6.54. The number of nitrogens with zero attached hydrogens (tertiary/aromatic N) is 3. The van der Waals surface area contributed by atoms with E-state index in [0.717, 1.165) is 6.42 Å². The van der Waals surface area contributed by atoms with Crippen molar-refractivity contribution < 1.29 is 24.3 Å². The first-order chi connectivity index (χ1) is 16.3. The molecule has 0 aliphatic carbocycles. The summed E-state index contributed by atoms with van der Waals surface area (Å²) in [5.41, 5.74) is 12.2. The van der Waals surface area contributed by atoms with Gasteiger partial charge >= 0.3 is 5.97 Å². The fraction of sp³-hybridized carbons (Fsp3) is 0.682. The fourth-order valence-corrected chi connectivity index (χ4v) is 4.70. The second-order valence-electron chi connectivity index (χ2n) is 8.95. The maximum absolute atomic E-state index is 13.6. The molecule has 12 nitrogen and oxygen atoms in total. The van der Waals surface area contributed by atoms with E-state index in [9.17, 15) is 24.3 Å². The summed E-state index contributed by atoms with van der Waals surface area (Å²) in [7, 11) is 0. The molecule has 2 saturated heterocycles. The fourth-order valence-electron chi connectivity index (χ4n) is 4.70. The number of aromatic amines is 1. The van der Waals surface area contributed by atoms with E-state index in [0.29, 0.717) is 63.9 Å². The number of H-pyrrole nitrogens is 1.